The van der Waals surface area contributed by atoms with Crippen molar-refractivity contribution >= 4 is 5.97 Å². The first-order valence-electron chi connectivity index (χ1n) is 5.38. The summed E-state index contributed by atoms with van der Waals surface area (Å²) in [5.41, 5.74) is 0.767. The maximum atomic E-state index is 11.1. The van der Waals surface area contributed by atoms with E-state index in [0.717, 1.165) is 5.56 Å². The molecular weight excluding hydrogens is 220 g/mol. The summed E-state index contributed by atoms with van der Waals surface area (Å²) in [5, 5.41) is 18.9. The molecule has 0 saturated heterocycles. The van der Waals surface area contributed by atoms with Gasteiger partial charge in [0.1, 0.15) is 11.3 Å². The van der Waals surface area contributed by atoms with Gasteiger partial charge < -0.3 is 14.9 Å². The summed E-state index contributed by atoms with van der Waals surface area (Å²) in [6.45, 7) is 5.17. The van der Waals surface area contributed by atoms with Crippen LogP contribution in [0.4, 0.5) is 0 Å². The molecule has 4 heteroatoms. The van der Waals surface area contributed by atoms with Crippen LogP contribution >= 0.6 is 0 Å². The average molecular weight is 238 g/mol. The first-order valence-corrected chi connectivity index (χ1v) is 5.38. The van der Waals surface area contributed by atoms with Crippen molar-refractivity contribution in [1.29, 1.82) is 0 Å². The summed E-state index contributed by atoms with van der Waals surface area (Å²) in [6, 6.07) is 3.40. The number of hydrogen-bond acceptors (Lipinski definition) is 3. The van der Waals surface area contributed by atoms with Crippen LogP contribution in [0.2, 0.25) is 0 Å². The number of aliphatic hydroxyl groups is 1. The minimum absolute atomic E-state index is 0.131. The number of hydrogen-bond donors (Lipinski definition) is 2. The number of rotatable bonds is 4. The van der Waals surface area contributed by atoms with E-state index in [2.05, 4.69) is 0 Å². The maximum absolute atomic E-state index is 11.1. The number of benzene rings is 1. The fraction of sp³-hybridized carbons (Fsp3) is 0.462. The molecular formula is C13H18O4. The van der Waals surface area contributed by atoms with Crippen molar-refractivity contribution in [1.82, 2.24) is 0 Å². The SMILES string of the molecule is COc1c(CC(C)(C)O)cc(C)cc1C(=O)O. The van der Waals surface area contributed by atoms with E-state index in [4.69, 9.17) is 9.84 Å². The Labute approximate surface area is 101 Å². The third-order valence-corrected chi connectivity index (χ3v) is 2.37. The van der Waals surface area contributed by atoms with E-state index in [1.165, 1.54) is 7.11 Å². The molecule has 0 spiro atoms. The van der Waals surface area contributed by atoms with E-state index in [0.29, 0.717) is 17.7 Å². The lowest BCUT2D eigenvalue weighted by molar-refractivity contribution is 0.0687. The smallest absolute Gasteiger partial charge is 0.339 e. The summed E-state index contributed by atoms with van der Waals surface area (Å²) in [6.07, 6.45) is 0.345. The molecule has 0 aliphatic rings. The van der Waals surface area contributed by atoms with Crippen molar-refractivity contribution in [3.8, 4) is 5.75 Å². The molecule has 0 aromatic heterocycles. The van der Waals surface area contributed by atoms with Crippen LogP contribution in [0.25, 0.3) is 0 Å². The van der Waals surface area contributed by atoms with Gasteiger partial charge in [0.25, 0.3) is 0 Å². The topological polar surface area (TPSA) is 66.8 Å². The van der Waals surface area contributed by atoms with E-state index in [1.54, 1.807) is 19.9 Å². The van der Waals surface area contributed by atoms with E-state index < -0.39 is 11.6 Å². The molecule has 0 atom stereocenters. The van der Waals surface area contributed by atoms with Gasteiger partial charge in [-0.05, 0) is 38.0 Å². The van der Waals surface area contributed by atoms with Crippen molar-refractivity contribution in [2.45, 2.75) is 32.8 Å². The average Bonchev–Trinajstić information content (AvgIpc) is 2.14. The van der Waals surface area contributed by atoms with Crippen LogP contribution in [0.15, 0.2) is 12.1 Å². The molecule has 0 unspecified atom stereocenters. The number of carboxylic acids is 1. The first kappa shape index (κ1) is 13.5. The number of aromatic carboxylic acids is 1. The summed E-state index contributed by atoms with van der Waals surface area (Å²) < 4.78 is 5.15. The molecule has 0 heterocycles. The zero-order valence-corrected chi connectivity index (χ0v) is 10.6. The van der Waals surface area contributed by atoms with Crippen molar-refractivity contribution in [3.05, 3.63) is 28.8 Å². The Hall–Kier alpha value is -1.55. The number of aryl methyl sites for hydroxylation is 1. The molecule has 1 rings (SSSR count). The van der Waals surface area contributed by atoms with Gasteiger partial charge in [-0.1, -0.05) is 6.07 Å². The van der Waals surface area contributed by atoms with Crippen molar-refractivity contribution in [2.75, 3.05) is 7.11 Å². The Bertz CT molecular complexity index is 430. The Kier molecular flexibility index (Phi) is 3.78. The highest BCUT2D eigenvalue weighted by Crippen LogP contribution is 2.28. The second-order valence-corrected chi connectivity index (χ2v) is 4.80. The summed E-state index contributed by atoms with van der Waals surface area (Å²) in [5.74, 6) is -0.701. The molecule has 17 heavy (non-hydrogen) atoms. The molecule has 0 aliphatic carbocycles. The molecule has 0 bridgehead atoms. The van der Waals surface area contributed by atoms with Gasteiger partial charge in [0.05, 0.1) is 12.7 Å². The fourth-order valence-electron chi connectivity index (χ4n) is 1.85. The van der Waals surface area contributed by atoms with Crippen molar-refractivity contribution in [3.63, 3.8) is 0 Å². The van der Waals surface area contributed by atoms with Gasteiger partial charge in [0.2, 0.25) is 0 Å². The maximum Gasteiger partial charge on any atom is 0.339 e. The van der Waals surface area contributed by atoms with Crippen LogP contribution in [0.5, 0.6) is 5.75 Å². The minimum Gasteiger partial charge on any atom is -0.496 e. The number of carboxylic acid groups (broad SMARTS) is 1. The monoisotopic (exact) mass is 238 g/mol. The second kappa shape index (κ2) is 4.75. The van der Waals surface area contributed by atoms with E-state index in [-0.39, 0.29) is 5.56 Å². The molecule has 0 fully saturated rings. The van der Waals surface area contributed by atoms with Gasteiger partial charge in [0, 0.05) is 6.42 Å². The normalized spacial score (nSPS) is 11.4. The molecule has 4 nitrogen and oxygen atoms in total. The predicted molar refractivity (Wildman–Crippen MR) is 64.7 cm³/mol. The molecule has 1 aromatic carbocycles. The zero-order valence-electron chi connectivity index (χ0n) is 10.6. The third-order valence-electron chi connectivity index (χ3n) is 2.37. The van der Waals surface area contributed by atoms with E-state index >= 15 is 0 Å². The molecule has 0 amide bonds. The van der Waals surface area contributed by atoms with Crippen LogP contribution in [0.1, 0.15) is 35.3 Å². The standard InChI is InChI=1S/C13H18O4/c1-8-5-9(7-13(2,3)16)11(17-4)10(6-8)12(14)15/h5-6,16H,7H2,1-4H3,(H,14,15). The van der Waals surface area contributed by atoms with Crippen molar-refractivity contribution < 1.29 is 19.7 Å². The zero-order chi connectivity index (χ0) is 13.2. The molecule has 2 N–H and O–H groups in total. The van der Waals surface area contributed by atoms with Crippen LogP contribution in [-0.4, -0.2) is 28.9 Å². The highest BCUT2D eigenvalue weighted by atomic mass is 16.5. The van der Waals surface area contributed by atoms with Crippen molar-refractivity contribution in [2.24, 2.45) is 0 Å². The third kappa shape index (κ3) is 3.46. The number of carbonyl (C=O) groups is 1. The quantitative estimate of drug-likeness (QED) is 0.842. The number of methoxy groups -OCH3 is 1. The Balaban J connectivity index is 3.33. The van der Waals surface area contributed by atoms with Gasteiger partial charge in [0.15, 0.2) is 0 Å². The van der Waals surface area contributed by atoms with E-state index in [1.807, 2.05) is 13.0 Å². The lowest BCUT2D eigenvalue weighted by Crippen LogP contribution is -2.22. The van der Waals surface area contributed by atoms with Gasteiger partial charge in [-0.15, -0.1) is 0 Å². The van der Waals surface area contributed by atoms with Gasteiger partial charge in [-0.25, -0.2) is 4.79 Å². The largest absolute Gasteiger partial charge is 0.496 e. The molecule has 1 aromatic rings. The lowest BCUT2D eigenvalue weighted by atomic mass is 9.94. The predicted octanol–water partition coefficient (Wildman–Crippen LogP) is 2.02. The summed E-state index contributed by atoms with van der Waals surface area (Å²) in [7, 11) is 1.44. The van der Waals surface area contributed by atoms with Crippen LogP contribution in [-0.2, 0) is 6.42 Å². The molecule has 0 radical (unpaired) electrons. The van der Waals surface area contributed by atoms with Crippen LogP contribution < -0.4 is 4.74 Å². The lowest BCUT2D eigenvalue weighted by Gasteiger charge is -2.20. The van der Waals surface area contributed by atoms with Gasteiger partial charge >= 0.3 is 5.97 Å². The molecule has 94 valence electrons. The van der Waals surface area contributed by atoms with Crippen LogP contribution in [0.3, 0.4) is 0 Å². The van der Waals surface area contributed by atoms with E-state index in [9.17, 15) is 9.90 Å². The summed E-state index contributed by atoms with van der Waals surface area (Å²) in [4.78, 5) is 11.1. The summed E-state index contributed by atoms with van der Waals surface area (Å²) >= 11 is 0. The highest BCUT2D eigenvalue weighted by Gasteiger charge is 2.21. The van der Waals surface area contributed by atoms with Gasteiger partial charge in [-0.2, -0.15) is 0 Å². The highest BCUT2D eigenvalue weighted by molar-refractivity contribution is 5.91. The Morgan fingerprint density at radius 1 is 1.41 bits per heavy atom. The fourth-order valence-corrected chi connectivity index (χ4v) is 1.85. The second-order valence-electron chi connectivity index (χ2n) is 4.80. The van der Waals surface area contributed by atoms with Gasteiger partial charge in [-0.3, -0.25) is 0 Å². The van der Waals surface area contributed by atoms with Crippen LogP contribution in [0, 0.1) is 6.92 Å². The minimum atomic E-state index is -1.03. The molecule has 0 aliphatic heterocycles. The molecule has 0 saturated carbocycles. The Morgan fingerprint density at radius 2 is 2.00 bits per heavy atom. The number of ether oxygens (including phenoxy) is 1. The Morgan fingerprint density at radius 3 is 2.41 bits per heavy atom. The first-order chi connectivity index (χ1) is 7.74.